The van der Waals surface area contributed by atoms with Crippen molar-refractivity contribution in [3.05, 3.63) is 47.7 Å². The van der Waals surface area contributed by atoms with E-state index in [-0.39, 0.29) is 37.4 Å². The molecular weight excluding hydrogens is 537 g/mol. The molecule has 1 aliphatic heterocycles. The van der Waals surface area contributed by atoms with E-state index in [4.69, 9.17) is 0 Å². The fourth-order valence-electron chi connectivity index (χ4n) is 3.88. The van der Waals surface area contributed by atoms with Gasteiger partial charge in [-0.3, -0.25) is 14.4 Å². The molecule has 1 saturated heterocycles. The van der Waals surface area contributed by atoms with Crippen LogP contribution in [0.15, 0.2) is 40.1 Å². The Morgan fingerprint density at radius 1 is 1.13 bits per heavy atom. The molecule has 0 spiro atoms. The summed E-state index contributed by atoms with van der Waals surface area (Å²) in [6.45, 7) is 10.0. The van der Waals surface area contributed by atoms with Gasteiger partial charge in [-0.2, -0.15) is 13.2 Å². The third-order valence-electron chi connectivity index (χ3n) is 5.99. The Hall–Kier alpha value is -2.86. The molecule has 1 aromatic heterocycles. The molecule has 0 radical (unpaired) electrons. The average Bonchev–Trinajstić information content (AvgIpc) is 3.69. The van der Waals surface area contributed by atoms with Crippen LogP contribution in [0.1, 0.15) is 54.6 Å². The van der Waals surface area contributed by atoms with Crippen molar-refractivity contribution in [2.24, 2.45) is 5.92 Å². The zero-order chi connectivity index (χ0) is 28.0. The van der Waals surface area contributed by atoms with Gasteiger partial charge < -0.3 is 15.1 Å². The first-order valence-electron chi connectivity index (χ1n) is 12.4. The lowest BCUT2D eigenvalue weighted by Crippen LogP contribution is -2.37. The lowest BCUT2D eigenvalue weighted by molar-refractivity contribution is -0.138. The largest absolute Gasteiger partial charge is 0.417 e. The Balaban J connectivity index is 0.00000195. The summed E-state index contributed by atoms with van der Waals surface area (Å²) < 4.78 is 42.4. The highest BCUT2D eigenvalue weighted by molar-refractivity contribution is 8.01. The molecule has 1 aliphatic carbocycles. The van der Waals surface area contributed by atoms with Crippen molar-refractivity contribution < 1.29 is 27.6 Å². The number of hydrogen-bond acceptors (Lipinski definition) is 6. The molecule has 1 N–H and O–H groups in total. The quantitative estimate of drug-likeness (QED) is 0.442. The van der Waals surface area contributed by atoms with E-state index in [2.05, 4.69) is 16.9 Å². The maximum atomic E-state index is 13.9. The number of amides is 3. The van der Waals surface area contributed by atoms with Crippen molar-refractivity contribution in [3.63, 3.8) is 0 Å². The van der Waals surface area contributed by atoms with Crippen molar-refractivity contribution in [2.75, 3.05) is 31.5 Å². The van der Waals surface area contributed by atoms with Gasteiger partial charge in [0.1, 0.15) is 0 Å². The van der Waals surface area contributed by atoms with Crippen LogP contribution in [0.25, 0.3) is 0 Å². The number of halogens is 3. The summed E-state index contributed by atoms with van der Waals surface area (Å²) in [5, 5.41) is 3.19. The van der Waals surface area contributed by atoms with Crippen LogP contribution < -0.4 is 5.32 Å². The van der Waals surface area contributed by atoms with Gasteiger partial charge in [0.15, 0.2) is 5.13 Å². The van der Waals surface area contributed by atoms with E-state index in [1.54, 1.807) is 13.1 Å². The molecular formula is C26H31F3N4O3S2. The summed E-state index contributed by atoms with van der Waals surface area (Å²) >= 11 is 2.42. The summed E-state index contributed by atoms with van der Waals surface area (Å²) in [5.41, 5.74) is -1.04. The number of benzene rings is 1. The van der Waals surface area contributed by atoms with Gasteiger partial charge in [-0.25, -0.2) is 4.98 Å². The smallest absolute Gasteiger partial charge is 0.337 e. The molecule has 0 unspecified atom stereocenters. The van der Waals surface area contributed by atoms with Gasteiger partial charge in [-0.05, 0) is 50.0 Å². The number of hydrogen-bond donors (Lipinski definition) is 1. The van der Waals surface area contributed by atoms with E-state index in [9.17, 15) is 27.6 Å². The second-order valence-electron chi connectivity index (χ2n) is 8.69. The minimum atomic E-state index is -4.71. The number of carbonyl (C=O) groups is 3. The Morgan fingerprint density at radius 2 is 1.79 bits per heavy atom. The maximum absolute atomic E-state index is 13.9. The standard InChI is InChI=1S/C24H25F3N4O3S2.C2H6/c1-3-19(32)30-7-4-8-31(10-9-30)22(34)16-12-18(14(2)11-17(16)24(25,26)27)35-20-13-28-23(36-20)29-21(33)15-5-6-15;1-2/h3,11-13,15H,1,4-10H2,2H3,(H,28,29,33);1-2H3. The van der Waals surface area contributed by atoms with Gasteiger partial charge >= 0.3 is 6.18 Å². The zero-order valence-corrected chi connectivity index (χ0v) is 23.2. The van der Waals surface area contributed by atoms with Crippen molar-refractivity contribution in [3.8, 4) is 0 Å². The average molecular weight is 569 g/mol. The number of nitrogens with one attached hydrogen (secondary N) is 1. The topological polar surface area (TPSA) is 82.6 Å². The Morgan fingerprint density at radius 3 is 2.42 bits per heavy atom. The predicted molar refractivity (Wildman–Crippen MR) is 142 cm³/mol. The van der Waals surface area contributed by atoms with Crippen molar-refractivity contribution in [2.45, 2.75) is 55.3 Å². The van der Waals surface area contributed by atoms with Gasteiger partial charge in [0.05, 0.1) is 21.5 Å². The molecule has 1 aromatic carbocycles. The number of aryl methyl sites for hydroxylation is 1. The number of rotatable bonds is 6. The summed E-state index contributed by atoms with van der Waals surface area (Å²) in [6, 6.07) is 2.28. The minimum Gasteiger partial charge on any atom is -0.337 e. The van der Waals surface area contributed by atoms with Gasteiger partial charge in [0.2, 0.25) is 11.8 Å². The van der Waals surface area contributed by atoms with E-state index in [0.29, 0.717) is 32.8 Å². The van der Waals surface area contributed by atoms with Crippen LogP contribution in [-0.4, -0.2) is 58.7 Å². The van der Waals surface area contributed by atoms with Gasteiger partial charge in [0.25, 0.3) is 5.91 Å². The SMILES string of the molecule is C=CC(=O)N1CCCN(C(=O)c2cc(Sc3cnc(NC(=O)C4CC4)s3)c(C)cc2C(F)(F)F)CC1.CC. The first-order chi connectivity index (χ1) is 18.1. The normalized spacial score (nSPS) is 15.7. The van der Waals surface area contributed by atoms with Crippen molar-refractivity contribution >= 4 is 46.0 Å². The number of nitrogens with zero attached hydrogens (tertiary/aromatic N) is 3. The van der Waals surface area contributed by atoms with Crippen LogP contribution in [0.4, 0.5) is 18.3 Å². The third-order valence-corrected chi connectivity index (χ3v) is 8.17. The Bertz CT molecular complexity index is 1190. The molecule has 0 bridgehead atoms. The molecule has 2 aliphatic rings. The van der Waals surface area contributed by atoms with Crippen molar-refractivity contribution in [1.29, 1.82) is 0 Å². The van der Waals surface area contributed by atoms with E-state index in [1.807, 2.05) is 13.8 Å². The summed E-state index contributed by atoms with van der Waals surface area (Å²) in [5.74, 6) is -1.05. The van der Waals surface area contributed by atoms with E-state index in [1.165, 1.54) is 45.0 Å². The zero-order valence-electron chi connectivity index (χ0n) is 21.6. The number of anilines is 1. The third kappa shape index (κ3) is 7.37. The fraction of sp³-hybridized carbons (Fsp3) is 0.462. The first-order valence-corrected chi connectivity index (χ1v) is 14.1. The van der Waals surface area contributed by atoms with Crippen LogP contribution in [0, 0.1) is 12.8 Å². The van der Waals surface area contributed by atoms with Crippen LogP contribution in [-0.2, 0) is 15.8 Å². The maximum Gasteiger partial charge on any atom is 0.417 e. The highest BCUT2D eigenvalue weighted by atomic mass is 32.2. The molecule has 1 saturated carbocycles. The second-order valence-corrected chi connectivity index (χ2v) is 11.1. The van der Waals surface area contributed by atoms with Crippen molar-refractivity contribution in [1.82, 2.24) is 14.8 Å². The summed E-state index contributed by atoms with van der Waals surface area (Å²) in [7, 11) is 0. The molecule has 2 aromatic rings. The molecule has 2 heterocycles. The molecule has 7 nitrogen and oxygen atoms in total. The van der Waals surface area contributed by atoms with Crippen LogP contribution in [0.2, 0.25) is 0 Å². The van der Waals surface area contributed by atoms with Crippen LogP contribution in [0.5, 0.6) is 0 Å². The monoisotopic (exact) mass is 568 g/mol. The number of aromatic nitrogens is 1. The Kier molecular flexibility index (Phi) is 10.00. The van der Waals surface area contributed by atoms with Gasteiger partial charge in [-0.15, -0.1) is 0 Å². The van der Waals surface area contributed by atoms with Gasteiger partial charge in [0, 0.05) is 37.0 Å². The molecule has 206 valence electrons. The van der Waals surface area contributed by atoms with E-state index < -0.39 is 23.2 Å². The summed E-state index contributed by atoms with van der Waals surface area (Å²) in [6.07, 6.45) is 0.206. The molecule has 4 rings (SSSR count). The highest BCUT2D eigenvalue weighted by Crippen LogP contribution is 2.41. The lowest BCUT2D eigenvalue weighted by atomic mass is 10.0. The van der Waals surface area contributed by atoms with Crippen LogP contribution in [0.3, 0.4) is 0 Å². The van der Waals surface area contributed by atoms with Crippen LogP contribution >= 0.6 is 23.1 Å². The predicted octanol–water partition coefficient (Wildman–Crippen LogP) is 5.86. The molecule has 38 heavy (non-hydrogen) atoms. The number of thiazole rings is 1. The highest BCUT2D eigenvalue weighted by Gasteiger charge is 2.37. The molecule has 3 amide bonds. The first kappa shape index (κ1) is 29.7. The van der Waals surface area contributed by atoms with E-state index >= 15 is 0 Å². The number of carbonyl (C=O) groups excluding carboxylic acids is 3. The fourth-order valence-corrected chi connectivity index (χ4v) is 5.82. The molecule has 12 heteroatoms. The molecule has 2 fully saturated rings. The lowest BCUT2D eigenvalue weighted by Gasteiger charge is -2.24. The Labute approximate surface area is 228 Å². The minimum absolute atomic E-state index is 0.0247. The van der Waals surface area contributed by atoms with E-state index in [0.717, 1.165) is 18.9 Å². The second kappa shape index (κ2) is 12.8. The van der Waals surface area contributed by atoms with Gasteiger partial charge in [-0.1, -0.05) is 43.5 Å². The summed E-state index contributed by atoms with van der Waals surface area (Å²) in [4.78, 5) is 44.8. The molecule has 0 atom stereocenters. The number of alkyl halides is 3.